The molecule has 2 heterocycles. The standard InChI is InChI=1S/C20H18N2O5S/c1-13(14-6-3-2-4-7-14)21-17(23)12-27-20(25)16-9-10-18(28-16)22-19(24)15-8-5-11-26-15/h2-11,13H,12H2,1H3,(H,21,23)(H,22,24). The summed E-state index contributed by atoms with van der Waals surface area (Å²) in [5.74, 6) is -1.28. The molecule has 0 spiro atoms. The summed E-state index contributed by atoms with van der Waals surface area (Å²) in [7, 11) is 0. The minimum absolute atomic E-state index is 0.168. The highest BCUT2D eigenvalue weighted by Gasteiger charge is 2.16. The highest BCUT2D eigenvalue weighted by molar-refractivity contribution is 7.18. The first-order valence-corrected chi connectivity index (χ1v) is 9.30. The molecule has 0 saturated heterocycles. The second-order valence-corrected chi connectivity index (χ2v) is 6.96. The van der Waals surface area contributed by atoms with Crippen molar-refractivity contribution in [2.45, 2.75) is 13.0 Å². The van der Waals surface area contributed by atoms with Gasteiger partial charge in [-0.05, 0) is 36.8 Å². The van der Waals surface area contributed by atoms with Crippen molar-refractivity contribution < 1.29 is 23.5 Å². The molecule has 8 heteroatoms. The fraction of sp³-hybridized carbons (Fsp3) is 0.150. The Bertz CT molecular complexity index is 950. The van der Waals surface area contributed by atoms with Gasteiger partial charge >= 0.3 is 5.97 Å². The van der Waals surface area contributed by atoms with E-state index in [0.29, 0.717) is 5.00 Å². The molecule has 1 aromatic carbocycles. The Morgan fingerprint density at radius 2 is 1.86 bits per heavy atom. The Balaban J connectivity index is 1.48. The van der Waals surface area contributed by atoms with Crippen LogP contribution in [0.4, 0.5) is 5.00 Å². The van der Waals surface area contributed by atoms with Crippen LogP contribution in [-0.2, 0) is 9.53 Å². The second kappa shape index (κ2) is 9.01. The van der Waals surface area contributed by atoms with Gasteiger partial charge in [0.2, 0.25) is 0 Å². The van der Waals surface area contributed by atoms with Crippen LogP contribution in [0.1, 0.15) is 38.8 Å². The number of hydrogen-bond donors (Lipinski definition) is 2. The summed E-state index contributed by atoms with van der Waals surface area (Å²) in [6, 6.07) is 15.5. The van der Waals surface area contributed by atoms with Crippen LogP contribution in [-0.4, -0.2) is 24.4 Å². The first-order chi connectivity index (χ1) is 13.5. The number of nitrogens with one attached hydrogen (secondary N) is 2. The van der Waals surface area contributed by atoms with Gasteiger partial charge in [0.25, 0.3) is 11.8 Å². The molecule has 0 bridgehead atoms. The number of ether oxygens (including phenoxy) is 1. The zero-order valence-corrected chi connectivity index (χ0v) is 15.8. The highest BCUT2D eigenvalue weighted by Crippen LogP contribution is 2.23. The van der Waals surface area contributed by atoms with E-state index in [1.165, 1.54) is 18.4 Å². The first kappa shape index (κ1) is 19.4. The molecule has 1 atom stereocenters. The van der Waals surface area contributed by atoms with Crippen LogP contribution in [0.15, 0.2) is 65.3 Å². The molecular formula is C20H18N2O5S. The molecule has 3 rings (SSSR count). The third-order valence-corrected chi connectivity index (χ3v) is 4.78. The molecule has 0 aliphatic rings. The second-order valence-electron chi connectivity index (χ2n) is 5.87. The van der Waals surface area contributed by atoms with Crippen molar-refractivity contribution in [3.8, 4) is 0 Å². The van der Waals surface area contributed by atoms with Crippen LogP contribution in [0.3, 0.4) is 0 Å². The number of amides is 2. The van der Waals surface area contributed by atoms with Gasteiger partial charge in [0.05, 0.1) is 17.3 Å². The predicted molar refractivity (Wildman–Crippen MR) is 104 cm³/mol. The minimum atomic E-state index is -0.633. The first-order valence-electron chi connectivity index (χ1n) is 8.49. The Hall–Kier alpha value is -3.39. The van der Waals surface area contributed by atoms with Crippen molar-refractivity contribution in [2.75, 3.05) is 11.9 Å². The number of benzene rings is 1. The van der Waals surface area contributed by atoms with E-state index in [2.05, 4.69) is 10.6 Å². The number of furan rings is 1. The maximum Gasteiger partial charge on any atom is 0.348 e. The molecule has 3 aromatic rings. The van der Waals surface area contributed by atoms with E-state index < -0.39 is 17.8 Å². The van der Waals surface area contributed by atoms with E-state index in [-0.39, 0.29) is 23.3 Å². The number of esters is 1. The fourth-order valence-corrected chi connectivity index (χ4v) is 3.20. The number of carbonyl (C=O) groups is 3. The van der Waals surface area contributed by atoms with Crippen LogP contribution >= 0.6 is 11.3 Å². The SMILES string of the molecule is CC(NC(=O)COC(=O)c1ccc(NC(=O)c2ccco2)s1)c1ccccc1. The average Bonchev–Trinajstić information content (AvgIpc) is 3.39. The lowest BCUT2D eigenvalue weighted by Crippen LogP contribution is -2.31. The molecule has 7 nitrogen and oxygen atoms in total. The lowest BCUT2D eigenvalue weighted by atomic mass is 10.1. The van der Waals surface area contributed by atoms with Gasteiger partial charge in [0, 0.05) is 0 Å². The Kier molecular flexibility index (Phi) is 6.23. The van der Waals surface area contributed by atoms with Gasteiger partial charge in [-0.1, -0.05) is 30.3 Å². The predicted octanol–water partition coefficient (Wildman–Crippen LogP) is 3.63. The van der Waals surface area contributed by atoms with Crippen LogP contribution in [0.5, 0.6) is 0 Å². The maximum absolute atomic E-state index is 12.1. The summed E-state index contributed by atoms with van der Waals surface area (Å²) in [6.45, 7) is 1.46. The quantitative estimate of drug-likeness (QED) is 0.592. The van der Waals surface area contributed by atoms with E-state index in [1.54, 1.807) is 12.1 Å². The zero-order chi connectivity index (χ0) is 19.9. The molecule has 2 N–H and O–H groups in total. The molecule has 2 aromatic heterocycles. The molecule has 28 heavy (non-hydrogen) atoms. The van der Waals surface area contributed by atoms with E-state index >= 15 is 0 Å². The van der Waals surface area contributed by atoms with Crippen LogP contribution in [0, 0.1) is 0 Å². The molecular weight excluding hydrogens is 380 g/mol. The smallest absolute Gasteiger partial charge is 0.348 e. The van der Waals surface area contributed by atoms with Crippen molar-refractivity contribution in [3.63, 3.8) is 0 Å². The summed E-state index contributed by atoms with van der Waals surface area (Å²) in [6.07, 6.45) is 1.40. The minimum Gasteiger partial charge on any atom is -0.459 e. The Morgan fingerprint density at radius 1 is 1.07 bits per heavy atom. The van der Waals surface area contributed by atoms with Gasteiger partial charge in [-0.2, -0.15) is 0 Å². The molecule has 0 radical (unpaired) electrons. The number of anilines is 1. The zero-order valence-electron chi connectivity index (χ0n) is 15.0. The molecule has 0 aliphatic heterocycles. The van der Waals surface area contributed by atoms with Crippen molar-refractivity contribution in [1.82, 2.24) is 5.32 Å². The van der Waals surface area contributed by atoms with E-state index in [4.69, 9.17) is 9.15 Å². The van der Waals surface area contributed by atoms with E-state index in [0.717, 1.165) is 16.9 Å². The fourth-order valence-electron chi connectivity index (χ4n) is 2.41. The van der Waals surface area contributed by atoms with Crippen LogP contribution in [0.2, 0.25) is 0 Å². The van der Waals surface area contributed by atoms with Crippen LogP contribution < -0.4 is 10.6 Å². The van der Waals surface area contributed by atoms with Crippen molar-refractivity contribution in [3.05, 3.63) is 77.1 Å². The summed E-state index contributed by atoms with van der Waals surface area (Å²) < 4.78 is 10.1. The molecule has 1 unspecified atom stereocenters. The van der Waals surface area contributed by atoms with E-state index in [1.807, 2.05) is 37.3 Å². The van der Waals surface area contributed by atoms with Gasteiger partial charge < -0.3 is 19.8 Å². The van der Waals surface area contributed by atoms with Gasteiger partial charge in [-0.25, -0.2) is 4.79 Å². The third-order valence-electron chi connectivity index (χ3n) is 3.80. The lowest BCUT2D eigenvalue weighted by Gasteiger charge is -2.14. The van der Waals surface area contributed by atoms with Gasteiger partial charge in [0.15, 0.2) is 12.4 Å². The highest BCUT2D eigenvalue weighted by atomic mass is 32.1. The summed E-state index contributed by atoms with van der Waals surface area (Å²) in [4.78, 5) is 36.3. The number of thiophene rings is 1. The number of hydrogen-bond acceptors (Lipinski definition) is 6. The summed E-state index contributed by atoms with van der Waals surface area (Å²) >= 11 is 1.05. The normalized spacial score (nSPS) is 11.5. The third kappa shape index (κ3) is 5.08. The topological polar surface area (TPSA) is 97.6 Å². The molecule has 0 saturated carbocycles. The van der Waals surface area contributed by atoms with Gasteiger partial charge in [-0.3, -0.25) is 9.59 Å². The monoisotopic (exact) mass is 398 g/mol. The maximum atomic E-state index is 12.1. The molecule has 0 fully saturated rings. The van der Waals surface area contributed by atoms with Crippen LogP contribution in [0.25, 0.3) is 0 Å². The molecule has 144 valence electrons. The molecule has 2 amide bonds. The number of carbonyl (C=O) groups excluding carboxylic acids is 3. The van der Waals surface area contributed by atoms with E-state index in [9.17, 15) is 14.4 Å². The largest absolute Gasteiger partial charge is 0.459 e. The summed E-state index contributed by atoms with van der Waals surface area (Å²) in [5.41, 5.74) is 0.956. The lowest BCUT2D eigenvalue weighted by molar-refractivity contribution is -0.124. The number of rotatable bonds is 7. The van der Waals surface area contributed by atoms with Gasteiger partial charge in [-0.15, -0.1) is 11.3 Å². The van der Waals surface area contributed by atoms with Crippen molar-refractivity contribution in [1.29, 1.82) is 0 Å². The average molecular weight is 398 g/mol. The van der Waals surface area contributed by atoms with Gasteiger partial charge in [0.1, 0.15) is 4.88 Å². The van der Waals surface area contributed by atoms with Crippen molar-refractivity contribution >= 4 is 34.1 Å². The summed E-state index contributed by atoms with van der Waals surface area (Å²) in [5, 5.41) is 5.87. The molecule has 0 aliphatic carbocycles. The van der Waals surface area contributed by atoms with Crippen molar-refractivity contribution in [2.24, 2.45) is 0 Å². The Morgan fingerprint density at radius 3 is 2.57 bits per heavy atom. The Labute approximate surface area is 165 Å².